The molecule has 3 aromatic rings. The molecule has 1 aromatic carbocycles. The fourth-order valence-electron chi connectivity index (χ4n) is 3.22. The van der Waals surface area contributed by atoms with Gasteiger partial charge in [0.1, 0.15) is 5.69 Å². The van der Waals surface area contributed by atoms with E-state index >= 15 is 0 Å². The van der Waals surface area contributed by atoms with Crippen LogP contribution in [0, 0.1) is 5.92 Å². The quantitative estimate of drug-likeness (QED) is 0.775. The molecule has 2 heterocycles. The summed E-state index contributed by atoms with van der Waals surface area (Å²) in [7, 11) is 1.88. The van der Waals surface area contributed by atoms with Crippen LogP contribution in [0.1, 0.15) is 29.4 Å². The maximum absolute atomic E-state index is 12.7. The number of hydrogen-bond acceptors (Lipinski definition) is 2. The van der Waals surface area contributed by atoms with Crippen LogP contribution in [0.15, 0.2) is 36.7 Å². The molecule has 0 saturated heterocycles. The summed E-state index contributed by atoms with van der Waals surface area (Å²) in [5.74, 6) is 0.292. The molecule has 5 nitrogen and oxygen atoms in total. The van der Waals surface area contributed by atoms with Gasteiger partial charge in [-0.25, -0.2) is 0 Å². The molecule has 118 valence electrons. The minimum Gasteiger partial charge on any atom is -0.351 e. The Kier molecular flexibility index (Phi) is 3.03. The molecule has 1 saturated carbocycles. The van der Waals surface area contributed by atoms with E-state index in [2.05, 4.69) is 22.3 Å². The third kappa shape index (κ3) is 2.32. The lowest BCUT2D eigenvalue weighted by Gasteiger charge is -2.16. The topological polar surface area (TPSA) is 62.7 Å². The molecular formula is C17H17ClN4O. The summed E-state index contributed by atoms with van der Waals surface area (Å²) < 4.78 is 1.76. The fraction of sp³-hybridized carbons (Fsp3) is 0.294. The number of amides is 1. The maximum Gasteiger partial charge on any atom is 0.268 e. The Labute approximate surface area is 138 Å². The number of H-pyrrole nitrogens is 1. The number of aromatic amines is 1. The van der Waals surface area contributed by atoms with Gasteiger partial charge in [0.25, 0.3) is 5.91 Å². The van der Waals surface area contributed by atoms with Gasteiger partial charge in [-0.3, -0.25) is 9.48 Å². The first-order valence-corrected chi connectivity index (χ1v) is 7.96. The van der Waals surface area contributed by atoms with Gasteiger partial charge in [-0.05, 0) is 36.6 Å². The predicted octanol–water partition coefficient (Wildman–Crippen LogP) is 3.22. The van der Waals surface area contributed by atoms with Gasteiger partial charge in [-0.15, -0.1) is 0 Å². The van der Waals surface area contributed by atoms with Crippen LogP contribution < -0.4 is 5.32 Å². The molecule has 2 N–H and O–H groups in total. The molecule has 0 bridgehead atoms. The number of nitrogens with one attached hydrogen (secondary N) is 2. The van der Waals surface area contributed by atoms with Crippen molar-refractivity contribution in [2.75, 3.05) is 0 Å². The van der Waals surface area contributed by atoms with E-state index in [9.17, 15) is 4.79 Å². The molecule has 0 unspecified atom stereocenters. The summed E-state index contributed by atoms with van der Waals surface area (Å²) in [5.41, 5.74) is 2.20. The van der Waals surface area contributed by atoms with Crippen LogP contribution in [0.2, 0.25) is 5.02 Å². The second-order valence-electron chi connectivity index (χ2n) is 6.35. The van der Waals surface area contributed by atoms with E-state index in [1.54, 1.807) is 4.68 Å². The summed E-state index contributed by atoms with van der Waals surface area (Å²) >= 11 is 6.00. The number of halogens is 1. The third-order valence-electron chi connectivity index (χ3n) is 4.69. The summed E-state index contributed by atoms with van der Waals surface area (Å²) in [6, 6.07) is 7.37. The lowest BCUT2D eigenvalue weighted by atomic mass is 10.1. The molecule has 1 fully saturated rings. The van der Waals surface area contributed by atoms with Crippen LogP contribution >= 0.6 is 11.6 Å². The Balaban J connectivity index is 1.63. The summed E-state index contributed by atoms with van der Waals surface area (Å²) in [5, 5.41) is 9.00. The number of carbonyl (C=O) groups excluding carboxylic acids is 1. The van der Waals surface area contributed by atoms with E-state index in [1.165, 1.54) is 0 Å². The molecule has 2 atom stereocenters. The Morgan fingerprint density at radius 2 is 2.26 bits per heavy atom. The summed E-state index contributed by atoms with van der Waals surface area (Å²) in [4.78, 5) is 15.8. The first-order chi connectivity index (χ1) is 11.0. The van der Waals surface area contributed by atoms with Crippen molar-refractivity contribution in [1.82, 2.24) is 20.1 Å². The van der Waals surface area contributed by atoms with Crippen LogP contribution in [-0.4, -0.2) is 20.7 Å². The zero-order valence-electron chi connectivity index (χ0n) is 12.9. The number of rotatable bonds is 3. The lowest BCUT2D eigenvalue weighted by molar-refractivity contribution is 0.0923. The minimum absolute atomic E-state index is 0.106. The number of nitrogens with zero attached hydrogens (tertiary/aromatic N) is 2. The Morgan fingerprint density at radius 3 is 2.91 bits per heavy atom. The summed E-state index contributed by atoms with van der Waals surface area (Å²) in [6.07, 6.45) is 4.72. The van der Waals surface area contributed by atoms with E-state index in [1.807, 2.05) is 43.7 Å². The van der Waals surface area contributed by atoms with E-state index < -0.39 is 0 Å². The highest BCUT2D eigenvalue weighted by atomic mass is 35.5. The summed E-state index contributed by atoms with van der Waals surface area (Å²) in [6.45, 7) is 2.14. The highest BCUT2D eigenvalue weighted by molar-refractivity contribution is 6.31. The van der Waals surface area contributed by atoms with Crippen molar-refractivity contribution in [2.24, 2.45) is 13.0 Å². The Morgan fingerprint density at radius 1 is 1.48 bits per heavy atom. The minimum atomic E-state index is -0.305. The smallest absolute Gasteiger partial charge is 0.268 e. The van der Waals surface area contributed by atoms with Crippen LogP contribution in [-0.2, 0) is 12.6 Å². The van der Waals surface area contributed by atoms with Crippen molar-refractivity contribution >= 4 is 28.4 Å². The number of aryl methyl sites for hydroxylation is 1. The largest absolute Gasteiger partial charge is 0.351 e. The van der Waals surface area contributed by atoms with Gasteiger partial charge in [-0.1, -0.05) is 18.5 Å². The average Bonchev–Trinajstić information content (AvgIpc) is 2.90. The molecule has 2 aromatic heterocycles. The highest BCUT2D eigenvalue weighted by Crippen LogP contribution is 2.51. The molecule has 1 aliphatic carbocycles. The maximum atomic E-state index is 12.7. The molecule has 0 radical (unpaired) electrons. The molecule has 4 rings (SSSR count). The average molecular weight is 329 g/mol. The molecule has 1 amide bonds. The van der Waals surface area contributed by atoms with Crippen LogP contribution in [0.25, 0.3) is 10.9 Å². The number of fused-ring (bicyclic) bond motifs is 1. The number of aromatic nitrogens is 3. The zero-order valence-corrected chi connectivity index (χ0v) is 13.7. The van der Waals surface area contributed by atoms with Gasteiger partial charge in [0.2, 0.25) is 0 Å². The first-order valence-electron chi connectivity index (χ1n) is 7.58. The number of benzene rings is 1. The van der Waals surface area contributed by atoms with Crippen molar-refractivity contribution in [1.29, 1.82) is 0 Å². The Hall–Kier alpha value is -2.27. The standard InChI is InChI=1S/C17H17ClN4O/c1-10-7-17(10,12-8-19-22(2)9-12)21-16(23)15-6-11-5-13(18)3-4-14(11)20-15/h3-6,8-10,20H,7H2,1-2H3,(H,21,23)/t10-,17+/m1/s1. The van der Waals surface area contributed by atoms with Crippen LogP contribution in [0.4, 0.5) is 0 Å². The van der Waals surface area contributed by atoms with Gasteiger partial charge in [-0.2, -0.15) is 5.10 Å². The SMILES string of the molecule is C[C@@H]1C[C@@]1(NC(=O)c1cc2cc(Cl)ccc2[nH]1)c1cnn(C)c1. The van der Waals surface area contributed by atoms with Crippen molar-refractivity contribution in [3.05, 3.63) is 52.9 Å². The van der Waals surface area contributed by atoms with Gasteiger partial charge in [0.05, 0.1) is 11.7 Å². The van der Waals surface area contributed by atoms with E-state index in [0.29, 0.717) is 16.6 Å². The van der Waals surface area contributed by atoms with Crippen LogP contribution in [0.5, 0.6) is 0 Å². The number of carbonyl (C=O) groups is 1. The molecule has 0 spiro atoms. The van der Waals surface area contributed by atoms with Crippen molar-refractivity contribution in [2.45, 2.75) is 18.9 Å². The normalized spacial score (nSPS) is 23.2. The highest BCUT2D eigenvalue weighted by Gasteiger charge is 2.54. The van der Waals surface area contributed by atoms with E-state index in [0.717, 1.165) is 22.9 Å². The van der Waals surface area contributed by atoms with Gasteiger partial charge < -0.3 is 10.3 Å². The molecule has 6 heteroatoms. The molecule has 23 heavy (non-hydrogen) atoms. The monoisotopic (exact) mass is 328 g/mol. The lowest BCUT2D eigenvalue weighted by Crippen LogP contribution is -2.36. The van der Waals surface area contributed by atoms with Gasteiger partial charge in [0.15, 0.2) is 0 Å². The Bertz CT molecular complexity index is 912. The number of hydrogen-bond donors (Lipinski definition) is 2. The third-order valence-corrected chi connectivity index (χ3v) is 4.93. The first kappa shape index (κ1) is 14.3. The predicted molar refractivity (Wildman–Crippen MR) is 89.4 cm³/mol. The van der Waals surface area contributed by atoms with Gasteiger partial charge in [0, 0.05) is 34.7 Å². The second kappa shape index (κ2) is 4.86. The van der Waals surface area contributed by atoms with Crippen molar-refractivity contribution in [3.8, 4) is 0 Å². The molecule has 0 aliphatic heterocycles. The molecule has 1 aliphatic rings. The van der Waals surface area contributed by atoms with Crippen LogP contribution in [0.3, 0.4) is 0 Å². The van der Waals surface area contributed by atoms with Crippen molar-refractivity contribution < 1.29 is 4.79 Å². The van der Waals surface area contributed by atoms with Gasteiger partial charge >= 0.3 is 0 Å². The van der Waals surface area contributed by atoms with Crippen molar-refractivity contribution in [3.63, 3.8) is 0 Å². The van der Waals surface area contributed by atoms with E-state index in [4.69, 9.17) is 11.6 Å². The molecular weight excluding hydrogens is 312 g/mol. The fourth-order valence-corrected chi connectivity index (χ4v) is 3.40. The second-order valence-corrected chi connectivity index (χ2v) is 6.78. The zero-order chi connectivity index (χ0) is 16.2. The van der Waals surface area contributed by atoms with E-state index in [-0.39, 0.29) is 11.4 Å².